The van der Waals surface area contributed by atoms with Crippen LogP contribution in [0.3, 0.4) is 0 Å². The van der Waals surface area contributed by atoms with Crippen LogP contribution in [-0.4, -0.2) is 33.1 Å². The van der Waals surface area contributed by atoms with Crippen LogP contribution >= 0.6 is 11.3 Å². The number of ketones is 1. The Balaban J connectivity index is 1.39. The number of Topliss-reactive ketones (excluding diaryl/α,β-unsaturated/α-hetero) is 1. The number of ether oxygens (including phenoxy) is 2. The van der Waals surface area contributed by atoms with Gasteiger partial charge in [-0.05, 0) is 60.9 Å². The maximum absolute atomic E-state index is 13.4. The van der Waals surface area contributed by atoms with Crippen LogP contribution in [0.2, 0.25) is 0 Å². The van der Waals surface area contributed by atoms with E-state index in [1.54, 1.807) is 43.3 Å². The highest BCUT2D eigenvalue weighted by atomic mass is 32.1. The van der Waals surface area contributed by atoms with E-state index in [1.165, 1.54) is 16.2 Å². The minimum absolute atomic E-state index is 0.00211. The molecule has 1 saturated heterocycles. The second-order valence-corrected chi connectivity index (χ2v) is 10.7. The number of amides is 1. The van der Waals surface area contributed by atoms with Gasteiger partial charge in [-0.1, -0.05) is 53.8 Å². The first kappa shape index (κ1) is 24.8. The van der Waals surface area contributed by atoms with Gasteiger partial charge in [-0.25, -0.2) is 0 Å². The monoisotopic (exact) mass is 539 g/mol. The summed E-state index contributed by atoms with van der Waals surface area (Å²) in [5, 5.41) is 20.6. The maximum atomic E-state index is 13.4. The van der Waals surface area contributed by atoms with E-state index < -0.39 is 17.7 Å². The lowest BCUT2D eigenvalue weighted by atomic mass is 9.94. The molecule has 0 bridgehead atoms. The zero-order chi connectivity index (χ0) is 27.1. The van der Waals surface area contributed by atoms with Gasteiger partial charge in [-0.3, -0.25) is 14.5 Å². The number of fused-ring (bicyclic) bond motifs is 1. The number of nitrogens with zero attached hydrogens (tertiary/aromatic N) is 3. The van der Waals surface area contributed by atoms with Gasteiger partial charge in [0.25, 0.3) is 5.78 Å². The Kier molecular flexibility index (Phi) is 6.36. The molecule has 1 amide bonds. The summed E-state index contributed by atoms with van der Waals surface area (Å²) >= 11 is 1.21. The molecule has 6 rings (SSSR count). The zero-order valence-electron chi connectivity index (χ0n) is 21.3. The normalized spacial score (nSPS) is 19.7. The van der Waals surface area contributed by atoms with Crippen molar-refractivity contribution in [3.05, 3.63) is 106 Å². The van der Waals surface area contributed by atoms with Gasteiger partial charge in [-0.15, -0.1) is 10.2 Å². The first-order valence-corrected chi connectivity index (χ1v) is 13.4. The Labute approximate surface area is 229 Å². The smallest absolute Gasteiger partial charge is 0.301 e. The third-order valence-electron chi connectivity index (χ3n) is 6.78. The van der Waals surface area contributed by atoms with E-state index in [9.17, 15) is 14.7 Å². The van der Waals surface area contributed by atoms with Gasteiger partial charge in [0.2, 0.25) is 5.13 Å². The molecular formula is C30H25N3O5S. The lowest BCUT2D eigenvalue weighted by molar-refractivity contribution is -0.132. The second-order valence-electron chi connectivity index (χ2n) is 9.57. The SMILES string of the molecule is Cc1nnc(N2C(=O)C(=O)/C(=C(/O)c3ccc4c(c3)C[C@H](C)O4)[C@H]2c2ccc(OCc3ccccc3)cc2)s1. The fourth-order valence-corrected chi connectivity index (χ4v) is 5.65. The van der Waals surface area contributed by atoms with E-state index in [0.717, 1.165) is 16.9 Å². The lowest BCUT2D eigenvalue weighted by Crippen LogP contribution is -2.29. The lowest BCUT2D eigenvalue weighted by Gasteiger charge is -2.22. The van der Waals surface area contributed by atoms with Crippen molar-refractivity contribution in [2.75, 3.05) is 4.90 Å². The molecule has 0 unspecified atom stereocenters. The van der Waals surface area contributed by atoms with Crippen molar-refractivity contribution in [1.82, 2.24) is 10.2 Å². The molecule has 2 aliphatic heterocycles. The van der Waals surface area contributed by atoms with Crippen molar-refractivity contribution in [3.8, 4) is 11.5 Å². The molecule has 39 heavy (non-hydrogen) atoms. The molecule has 0 saturated carbocycles. The summed E-state index contributed by atoms with van der Waals surface area (Å²) in [5.41, 5.74) is 3.06. The van der Waals surface area contributed by atoms with Crippen molar-refractivity contribution >= 4 is 33.9 Å². The summed E-state index contributed by atoms with van der Waals surface area (Å²) in [5.74, 6) is -0.389. The molecule has 0 aliphatic carbocycles. The predicted octanol–water partition coefficient (Wildman–Crippen LogP) is 5.38. The number of carbonyl (C=O) groups is 2. The summed E-state index contributed by atoms with van der Waals surface area (Å²) in [6.45, 7) is 4.16. The van der Waals surface area contributed by atoms with Crippen molar-refractivity contribution < 1.29 is 24.2 Å². The highest BCUT2D eigenvalue weighted by Crippen LogP contribution is 2.44. The van der Waals surface area contributed by atoms with Gasteiger partial charge in [0.05, 0.1) is 11.6 Å². The molecule has 0 radical (unpaired) electrons. The average molecular weight is 540 g/mol. The van der Waals surface area contributed by atoms with Crippen LogP contribution in [0.4, 0.5) is 5.13 Å². The number of aliphatic hydroxyl groups excluding tert-OH is 1. The van der Waals surface area contributed by atoms with Crippen molar-refractivity contribution in [3.63, 3.8) is 0 Å². The summed E-state index contributed by atoms with van der Waals surface area (Å²) in [7, 11) is 0. The first-order valence-electron chi connectivity index (χ1n) is 12.6. The number of aliphatic hydroxyl groups is 1. The van der Waals surface area contributed by atoms with E-state index in [1.807, 2.05) is 43.3 Å². The van der Waals surface area contributed by atoms with Crippen LogP contribution in [0, 0.1) is 6.92 Å². The Bertz CT molecular complexity index is 1600. The molecule has 3 heterocycles. The van der Waals surface area contributed by atoms with E-state index >= 15 is 0 Å². The maximum Gasteiger partial charge on any atom is 0.301 e. The molecule has 4 aromatic rings. The van der Waals surface area contributed by atoms with Crippen LogP contribution in [0.5, 0.6) is 11.5 Å². The van der Waals surface area contributed by atoms with Crippen molar-refractivity contribution in [2.45, 2.75) is 39.0 Å². The van der Waals surface area contributed by atoms with Crippen LogP contribution in [0.25, 0.3) is 5.76 Å². The standard InChI is InChI=1S/C30H25N3O5S/c1-17-14-22-15-21(10-13-24(22)38-17)27(34)25-26(33(29(36)28(25)35)30-32-31-18(2)39-30)20-8-11-23(12-9-20)37-16-19-6-4-3-5-7-19/h3-13,15,17,26,34H,14,16H2,1-2H3/b27-25+/t17-,26+/m0/s1. The molecule has 2 atom stereocenters. The molecule has 1 aromatic heterocycles. The fraction of sp³-hybridized carbons (Fsp3) is 0.200. The van der Waals surface area contributed by atoms with Gasteiger partial charge in [0.1, 0.15) is 35.0 Å². The van der Waals surface area contributed by atoms with Crippen molar-refractivity contribution in [1.29, 1.82) is 0 Å². The van der Waals surface area contributed by atoms with E-state index in [0.29, 0.717) is 40.0 Å². The largest absolute Gasteiger partial charge is 0.507 e. The number of carbonyl (C=O) groups excluding carboxylic acids is 2. The molecule has 1 N–H and O–H groups in total. The number of aryl methyl sites for hydroxylation is 1. The predicted molar refractivity (Wildman–Crippen MR) is 147 cm³/mol. The summed E-state index contributed by atoms with van der Waals surface area (Å²) in [6.07, 6.45) is 0.731. The number of anilines is 1. The van der Waals surface area contributed by atoms with Gasteiger partial charge in [0, 0.05) is 12.0 Å². The zero-order valence-corrected chi connectivity index (χ0v) is 22.1. The highest BCUT2D eigenvalue weighted by molar-refractivity contribution is 7.15. The Morgan fingerprint density at radius 3 is 2.56 bits per heavy atom. The van der Waals surface area contributed by atoms with Gasteiger partial charge < -0.3 is 14.6 Å². The molecule has 3 aromatic carbocycles. The van der Waals surface area contributed by atoms with Crippen molar-refractivity contribution in [2.24, 2.45) is 0 Å². The number of rotatable bonds is 6. The van der Waals surface area contributed by atoms with E-state index in [-0.39, 0.29) is 17.4 Å². The summed E-state index contributed by atoms with van der Waals surface area (Å²) in [4.78, 5) is 28.0. The first-order chi connectivity index (χ1) is 18.9. The third-order valence-corrected chi connectivity index (χ3v) is 7.62. The average Bonchev–Trinajstić information content (AvgIpc) is 3.62. The Hall–Kier alpha value is -4.50. The van der Waals surface area contributed by atoms with Crippen LogP contribution in [-0.2, 0) is 22.6 Å². The molecule has 9 heteroatoms. The Morgan fingerprint density at radius 1 is 1.08 bits per heavy atom. The molecule has 196 valence electrons. The second kappa shape index (κ2) is 9.99. The number of benzene rings is 3. The van der Waals surface area contributed by atoms with E-state index in [2.05, 4.69) is 10.2 Å². The number of hydrogen-bond acceptors (Lipinski definition) is 8. The van der Waals surface area contributed by atoms with Crippen LogP contribution in [0.1, 0.15) is 40.2 Å². The number of hydrogen-bond donors (Lipinski definition) is 1. The topological polar surface area (TPSA) is 102 Å². The molecule has 1 fully saturated rings. The molecule has 8 nitrogen and oxygen atoms in total. The number of aromatic nitrogens is 2. The fourth-order valence-electron chi connectivity index (χ4n) is 4.94. The third kappa shape index (κ3) is 4.66. The summed E-state index contributed by atoms with van der Waals surface area (Å²) < 4.78 is 11.7. The Morgan fingerprint density at radius 2 is 1.85 bits per heavy atom. The minimum atomic E-state index is -0.885. The van der Waals surface area contributed by atoms with Gasteiger partial charge in [0.15, 0.2) is 0 Å². The minimum Gasteiger partial charge on any atom is -0.507 e. The van der Waals surface area contributed by atoms with Gasteiger partial charge >= 0.3 is 5.91 Å². The summed E-state index contributed by atoms with van der Waals surface area (Å²) in [6, 6.07) is 21.4. The van der Waals surface area contributed by atoms with Gasteiger partial charge in [-0.2, -0.15) is 0 Å². The van der Waals surface area contributed by atoms with Crippen LogP contribution in [0.15, 0.2) is 78.4 Å². The van der Waals surface area contributed by atoms with E-state index in [4.69, 9.17) is 9.47 Å². The highest BCUT2D eigenvalue weighted by Gasteiger charge is 2.48. The molecule has 0 spiro atoms. The molecular weight excluding hydrogens is 514 g/mol. The molecule has 2 aliphatic rings. The quantitative estimate of drug-likeness (QED) is 0.200. The van der Waals surface area contributed by atoms with Crippen LogP contribution < -0.4 is 14.4 Å².